The molecule has 6 heteroatoms. The van der Waals surface area contributed by atoms with Crippen molar-refractivity contribution in [2.75, 3.05) is 0 Å². The fourth-order valence-electron chi connectivity index (χ4n) is 1.63. The summed E-state index contributed by atoms with van der Waals surface area (Å²) < 4.78 is 0. The first kappa shape index (κ1) is 14.2. The third kappa shape index (κ3) is 3.04. The van der Waals surface area contributed by atoms with Gasteiger partial charge in [0.05, 0.1) is 0 Å². The molecule has 2 aromatic heterocycles. The standard InChI is InChI=1S/C13H15ClN4S/c1-5-10-11(14)15-6-16-12(10)19-13-17-8(3)7(2)9(4)18-13/h6H,5H2,1-4H3. The first-order valence-corrected chi connectivity index (χ1v) is 7.21. The molecule has 0 atom stereocenters. The Labute approximate surface area is 122 Å². The van der Waals surface area contributed by atoms with Crippen molar-refractivity contribution in [2.45, 2.75) is 44.3 Å². The van der Waals surface area contributed by atoms with Crippen molar-refractivity contribution in [3.05, 3.63) is 34.0 Å². The molecule has 2 rings (SSSR count). The number of nitrogens with zero attached hydrogens (tertiary/aromatic N) is 4. The van der Waals surface area contributed by atoms with Gasteiger partial charge in [-0.3, -0.25) is 0 Å². The van der Waals surface area contributed by atoms with Crippen molar-refractivity contribution < 1.29 is 0 Å². The van der Waals surface area contributed by atoms with Crippen molar-refractivity contribution in [3.8, 4) is 0 Å². The quantitative estimate of drug-likeness (QED) is 0.640. The third-order valence-corrected chi connectivity index (χ3v) is 4.24. The van der Waals surface area contributed by atoms with Gasteiger partial charge >= 0.3 is 0 Å². The van der Waals surface area contributed by atoms with Crippen LogP contribution in [0.2, 0.25) is 5.15 Å². The summed E-state index contributed by atoms with van der Waals surface area (Å²) in [4.78, 5) is 17.2. The van der Waals surface area contributed by atoms with Crippen molar-refractivity contribution in [3.63, 3.8) is 0 Å². The maximum atomic E-state index is 6.08. The molecule has 0 saturated heterocycles. The topological polar surface area (TPSA) is 51.6 Å². The molecule has 0 radical (unpaired) electrons. The van der Waals surface area contributed by atoms with E-state index in [1.54, 1.807) is 0 Å². The highest BCUT2D eigenvalue weighted by Gasteiger charge is 2.12. The van der Waals surface area contributed by atoms with Crippen molar-refractivity contribution >= 4 is 23.4 Å². The predicted molar refractivity (Wildman–Crippen MR) is 76.8 cm³/mol. The molecule has 0 aliphatic rings. The number of halogens is 1. The molecule has 2 aromatic rings. The summed E-state index contributed by atoms with van der Waals surface area (Å²) in [5.74, 6) is 0. The SMILES string of the molecule is CCc1c(Cl)ncnc1Sc1nc(C)c(C)c(C)n1. The smallest absolute Gasteiger partial charge is 0.194 e. The molecular weight excluding hydrogens is 280 g/mol. The number of rotatable bonds is 3. The second kappa shape index (κ2) is 5.84. The second-order valence-electron chi connectivity index (χ2n) is 4.21. The van der Waals surface area contributed by atoms with E-state index in [2.05, 4.69) is 19.9 Å². The van der Waals surface area contributed by atoms with E-state index in [-0.39, 0.29) is 0 Å². The number of aryl methyl sites for hydroxylation is 2. The molecule has 2 heterocycles. The Bertz CT molecular complexity index is 593. The maximum absolute atomic E-state index is 6.08. The lowest BCUT2D eigenvalue weighted by Crippen LogP contribution is -2.00. The van der Waals surface area contributed by atoms with E-state index in [0.29, 0.717) is 10.3 Å². The molecule has 0 bridgehead atoms. The lowest BCUT2D eigenvalue weighted by Gasteiger charge is -2.09. The van der Waals surface area contributed by atoms with Crippen LogP contribution in [0.15, 0.2) is 16.5 Å². The summed E-state index contributed by atoms with van der Waals surface area (Å²) in [6.45, 7) is 8.03. The van der Waals surface area contributed by atoms with E-state index in [0.717, 1.165) is 34.0 Å². The largest absolute Gasteiger partial charge is 0.229 e. The highest BCUT2D eigenvalue weighted by molar-refractivity contribution is 7.99. The van der Waals surface area contributed by atoms with Gasteiger partial charge < -0.3 is 0 Å². The summed E-state index contributed by atoms with van der Waals surface area (Å²) in [7, 11) is 0. The van der Waals surface area contributed by atoms with Gasteiger partial charge in [-0.1, -0.05) is 18.5 Å². The Balaban J connectivity index is 2.39. The molecule has 19 heavy (non-hydrogen) atoms. The Morgan fingerprint density at radius 1 is 1.11 bits per heavy atom. The van der Waals surface area contributed by atoms with Crippen LogP contribution in [0.4, 0.5) is 0 Å². The van der Waals surface area contributed by atoms with Crippen LogP contribution < -0.4 is 0 Å². The molecular formula is C13H15ClN4S. The number of hydrogen-bond acceptors (Lipinski definition) is 5. The summed E-state index contributed by atoms with van der Waals surface area (Å²) >= 11 is 7.51. The maximum Gasteiger partial charge on any atom is 0.194 e. The van der Waals surface area contributed by atoms with Crippen LogP contribution >= 0.6 is 23.4 Å². The van der Waals surface area contributed by atoms with Crippen molar-refractivity contribution in [1.29, 1.82) is 0 Å². The molecule has 100 valence electrons. The number of hydrogen-bond donors (Lipinski definition) is 0. The molecule has 0 spiro atoms. The normalized spacial score (nSPS) is 10.8. The zero-order chi connectivity index (χ0) is 14.0. The van der Waals surface area contributed by atoms with Gasteiger partial charge in [0.2, 0.25) is 0 Å². The van der Waals surface area contributed by atoms with E-state index in [1.807, 2.05) is 27.7 Å². The summed E-state index contributed by atoms with van der Waals surface area (Å²) in [5, 5.41) is 2.02. The van der Waals surface area contributed by atoms with E-state index >= 15 is 0 Å². The molecule has 0 aromatic carbocycles. The Kier molecular flexibility index (Phi) is 4.37. The summed E-state index contributed by atoms with van der Waals surface area (Å²) in [6, 6.07) is 0. The van der Waals surface area contributed by atoms with Gasteiger partial charge in [-0.25, -0.2) is 19.9 Å². The fraction of sp³-hybridized carbons (Fsp3) is 0.385. The second-order valence-corrected chi connectivity index (χ2v) is 5.52. The molecule has 0 saturated carbocycles. The van der Waals surface area contributed by atoms with Gasteiger partial charge in [0.15, 0.2) is 5.16 Å². The zero-order valence-electron chi connectivity index (χ0n) is 11.4. The minimum atomic E-state index is 0.501. The Hall–Kier alpha value is -1.20. The van der Waals surface area contributed by atoms with Crippen LogP contribution in [0, 0.1) is 20.8 Å². The lowest BCUT2D eigenvalue weighted by molar-refractivity contribution is 0.871. The zero-order valence-corrected chi connectivity index (χ0v) is 12.9. The van der Waals surface area contributed by atoms with Crippen molar-refractivity contribution in [2.24, 2.45) is 0 Å². The number of aromatic nitrogens is 4. The Morgan fingerprint density at radius 2 is 1.74 bits per heavy atom. The first-order chi connectivity index (χ1) is 9.02. The van der Waals surface area contributed by atoms with Gasteiger partial charge in [-0.05, 0) is 44.5 Å². The molecule has 4 nitrogen and oxygen atoms in total. The molecule has 0 N–H and O–H groups in total. The molecule has 0 aliphatic heterocycles. The molecule has 0 unspecified atom stereocenters. The van der Waals surface area contributed by atoms with Crippen LogP contribution in [0.3, 0.4) is 0 Å². The first-order valence-electron chi connectivity index (χ1n) is 6.02. The van der Waals surface area contributed by atoms with Crippen molar-refractivity contribution in [1.82, 2.24) is 19.9 Å². The van der Waals surface area contributed by atoms with Crippen LogP contribution in [-0.2, 0) is 6.42 Å². The highest BCUT2D eigenvalue weighted by Crippen LogP contribution is 2.30. The summed E-state index contributed by atoms with van der Waals surface area (Å²) in [5.41, 5.74) is 4.05. The molecule has 0 aliphatic carbocycles. The molecule has 0 fully saturated rings. The van der Waals surface area contributed by atoms with Gasteiger partial charge in [0, 0.05) is 17.0 Å². The van der Waals surface area contributed by atoms with E-state index in [4.69, 9.17) is 11.6 Å². The van der Waals surface area contributed by atoms with Crippen LogP contribution in [-0.4, -0.2) is 19.9 Å². The fourth-order valence-corrected chi connectivity index (χ4v) is 2.96. The van der Waals surface area contributed by atoms with Crippen LogP contribution in [0.5, 0.6) is 0 Å². The van der Waals surface area contributed by atoms with E-state index < -0.39 is 0 Å². The van der Waals surface area contributed by atoms with E-state index in [1.165, 1.54) is 18.1 Å². The van der Waals surface area contributed by atoms with Gasteiger partial charge in [0.25, 0.3) is 0 Å². The van der Waals surface area contributed by atoms with E-state index in [9.17, 15) is 0 Å². The summed E-state index contributed by atoms with van der Waals surface area (Å²) in [6.07, 6.45) is 2.25. The van der Waals surface area contributed by atoms with Gasteiger partial charge in [-0.2, -0.15) is 0 Å². The predicted octanol–water partition coefficient (Wildman–Crippen LogP) is 3.56. The molecule has 0 amide bonds. The minimum absolute atomic E-state index is 0.501. The highest BCUT2D eigenvalue weighted by atomic mass is 35.5. The third-order valence-electron chi connectivity index (χ3n) is 3.01. The average Bonchev–Trinajstić information content (AvgIpc) is 2.36. The van der Waals surface area contributed by atoms with Crippen LogP contribution in [0.25, 0.3) is 0 Å². The Morgan fingerprint density at radius 3 is 2.32 bits per heavy atom. The van der Waals surface area contributed by atoms with Crippen LogP contribution in [0.1, 0.15) is 29.4 Å². The lowest BCUT2D eigenvalue weighted by atomic mass is 10.2. The average molecular weight is 295 g/mol. The van der Waals surface area contributed by atoms with Gasteiger partial charge in [-0.15, -0.1) is 0 Å². The minimum Gasteiger partial charge on any atom is -0.229 e. The monoisotopic (exact) mass is 294 g/mol. The van der Waals surface area contributed by atoms with Gasteiger partial charge in [0.1, 0.15) is 16.5 Å².